The molecular formula is C81H138O5. The molecule has 86 heavy (non-hydrogen) atoms. The first-order valence-corrected chi connectivity index (χ1v) is 36.7. The van der Waals surface area contributed by atoms with Crippen molar-refractivity contribution in [1.29, 1.82) is 0 Å². The molecule has 1 N–H and O–H groups in total. The van der Waals surface area contributed by atoms with E-state index in [-0.39, 0.29) is 25.2 Å². The molecule has 0 aromatic carbocycles. The lowest BCUT2D eigenvalue weighted by Crippen LogP contribution is -2.28. The molecule has 1 atom stereocenters. The van der Waals surface area contributed by atoms with Crippen molar-refractivity contribution in [1.82, 2.24) is 0 Å². The molecule has 0 saturated heterocycles. The summed E-state index contributed by atoms with van der Waals surface area (Å²) in [5.74, 6) is -0.615. The highest BCUT2D eigenvalue weighted by Crippen LogP contribution is 2.18. The van der Waals surface area contributed by atoms with Gasteiger partial charge in [0, 0.05) is 12.8 Å². The minimum absolute atomic E-state index is 0.0809. The Morgan fingerprint density at radius 3 is 0.767 bits per heavy atom. The first kappa shape index (κ1) is 82.0. The number of hydrogen-bond acceptors (Lipinski definition) is 5. The Morgan fingerprint density at radius 2 is 0.500 bits per heavy atom. The van der Waals surface area contributed by atoms with Crippen LogP contribution in [-0.2, 0) is 19.1 Å². The van der Waals surface area contributed by atoms with Gasteiger partial charge in [-0.3, -0.25) is 9.59 Å². The molecule has 0 amide bonds. The second-order valence-corrected chi connectivity index (χ2v) is 24.3. The molecule has 0 aliphatic heterocycles. The Kier molecular flexibility index (Phi) is 71.8. The third-order valence-corrected chi connectivity index (χ3v) is 15.9. The topological polar surface area (TPSA) is 72.8 Å². The molecule has 492 valence electrons. The van der Waals surface area contributed by atoms with Gasteiger partial charge in [0.15, 0.2) is 6.10 Å². The Balaban J connectivity index is 3.52. The van der Waals surface area contributed by atoms with Crippen molar-refractivity contribution in [2.45, 2.75) is 354 Å². The maximum absolute atomic E-state index is 12.4. The van der Waals surface area contributed by atoms with Crippen molar-refractivity contribution in [3.63, 3.8) is 0 Å². The van der Waals surface area contributed by atoms with Crippen LogP contribution in [0.15, 0.2) is 134 Å². The van der Waals surface area contributed by atoms with Crippen LogP contribution in [0.2, 0.25) is 0 Å². The second kappa shape index (κ2) is 75.3. The molecule has 5 heteroatoms. The highest BCUT2D eigenvalue weighted by atomic mass is 16.6. The third-order valence-electron chi connectivity index (χ3n) is 15.9. The fraction of sp³-hybridized carbons (Fsp3) is 0.704. The summed E-state index contributed by atoms with van der Waals surface area (Å²) in [4.78, 5) is 24.7. The van der Waals surface area contributed by atoms with Crippen molar-refractivity contribution in [2.75, 3.05) is 13.2 Å². The number of unbranched alkanes of at least 4 members (excludes halogenated alkanes) is 37. The molecule has 0 heterocycles. The van der Waals surface area contributed by atoms with Crippen LogP contribution in [0.1, 0.15) is 348 Å². The zero-order valence-corrected chi connectivity index (χ0v) is 56.5. The van der Waals surface area contributed by atoms with Gasteiger partial charge >= 0.3 is 11.9 Å². The van der Waals surface area contributed by atoms with Crippen molar-refractivity contribution < 1.29 is 24.2 Å². The van der Waals surface area contributed by atoms with Crippen LogP contribution in [0, 0.1) is 0 Å². The van der Waals surface area contributed by atoms with Crippen LogP contribution in [0.25, 0.3) is 0 Å². The lowest BCUT2D eigenvalue weighted by molar-refractivity contribution is -0.161. The van der Waals surface area contributed by atoms with Crippen LogP contribution in [0.5, 0.6) is 0 Å². The highest BCUT2D eigenvalue weighted by Gasteiger charge is 2.16. The summed E-state index contributed by atoms with van der Waals surface area (Å²) in [7, 11) is 0. The van der Waals surface area contributed by atoms with Crippen LogP contribution < -0.4 is 0 Å². The van der Waals surface area contributed by atoms with Crippen molar-refractivity contribution in [3.05, 3.63) is 134 Å². The molecule has 0 radical (unpaired) electrons. The first-order valence-electron chi connectivity index (χ1n) is 36.7. The lowest BCUT2D eigenvalue weighted by atomic mass is 10.0. The molecule has 0 saturated carbocycles. The molecule has 0 fully saturated rings. The van der Waals surface area contributed by atoms with E-state index in [0.29, 0.717) is 12.8 Å². The van der Waals surface area contributed by atoms with Gasteiger partial charge in [-0.25, -0.2) is 0 Å². The van der Waals surface area contributed by atoms with Gasteiger partial charge in [-0.15, -0.1) is 0 Å². The standard InChI is InChI=1S/C81H138O5/c1-3-5-7-9-11-13-15-17-19-21-23-25-27-29-31-33-35-37-39-40-42-43-45-47-49-51-53-55-57-59-61-63-65-67-69-71-73-75-80(83)85-78-79(77-82)86-81(84)76-74-72-70-68-66-64-62-60-58-56-54-52-50-48-46-44-41-38-36-34-32-30-28-26-24-22-20-18-16-14-12-10-8-6-4-2/h6,8,12,14,18,20-21,23-24,26,30,32,36,38,44,46,50,52,56,58,62,64,79,82H,3-5,7,9-11,13,15-17,19,22,25,27-29,31,33-35,37,39-43,45,47-49,51,53-55,57,59-61,63,65-78H2,1-2H3/b8-6-,14-12-,20-18-,23-21-,26-24-,32-30-,38-36-,46-44-,52-50-,58-56-,64-62-. The molecule has 5 nitrogen and oxygen atoms in total. The van der Waals surface area contributed by atoms with Crippen molar-refractivity contribution in [3.8, 4) is 0 Å². The Labute approximate surface area is 534 Å². The van der Waals surface area contributed by atoms with E-state index in [9.17, 15) is 14.7 Å². The monoisotopic (exact) mass is 1190 g/mol. The van der Waals surface area contributed by atoms with Crippen LogP contribution in [0.3, 0.4) is 0 Å². The second-order valence-electron chi connectivity index (χ2n) is 24.3. The number of esters is 2. The molecule has 0 aliphatic carbocycles. The molecule has 0 rings (SSSR count). The van der Waals surface area contributed by atoms with E-state index >= 15 is 0 Å². The number of aliphatic hydroxyl groups is 1. The Hall–Kier alpha value is -3.96. The Bertz CT molecular complexity index is 1730. The highest BCUT2D eigenvalue weighted by molar-refractivity contribution is 5.70. The van der Waals surface area contributed by atoms with Gasteiger partial charge in [0.05, 0.1) is 6.61 Å². The Morgan fingerprint density at radius 1 is 0.279 bits per heavy atom. The number of rotatable bonds is 67. The zero-order chi connectivity index (χ0) is 61.9. The zero-order valence-electron chi connectivity index (χ0n) is 56.5. The SMILES string of the molecule is CC/C=C\C/C=C\C/C=C\C/C=C\C/C=C\C/C=C\C/C=C\C/C=C\C/C=C\C/C=C\CCCCCCC(=O)OC(CO)COC(=O)CCCCCCCCCCCCCCCCCCCCCCCCCCC/C=C\CCCCCCCCCC. The number of ether oxygens (including phenoxy) is 2. The summed E-state index contributed by atoms with van der Waals surface area (Å²) in [6, 6.07) is 0. The predicted molar refractivity (Wildman–Crippen MR) is 380 cm³/mol. The van der Waals surface area contributed by atoms with Crippen LogP contribution in [0.4, 0.5) is 0 Å². The minimum Gasteiger partial charge on any atom is -0.462 e. The van der Waals surface area contributed by atoms with Crippen LogP contribution in [-0.4, -0.2) is 36.4 Å². The quantitative estimate of drug-likeness (QED) is 0.0373. The lowest BCUT2D eigenvalue weighted by Gasteiger charge is -2.15. The van der Waals surface area contributed by atoms with Gasteiger partial charge in [0.25, 0.3) is 0 Å². The molecule has 1 unspecified atom stereocenters. The third kappa shape index (κ3) is 72.5. The van der Waals surface area contributed by atoms with Crippen molar-refractivity contribution in [2.24, 2.45) is 0 Å². The summed E-state index contributed by atoms with van der Waals surface area (Å²) >= 11 is 0. The fourth-order valence-electron chi connectivity index (χ4n) is 10.5. The van der Waals surface area contributed by atoms with E-state index in [1.54, 1.807) is 0 Å². The summed E-state index contributed by atoms with van der Waals surface area (Å²) in [5, 5.41) is 9.71. The molecule has 0 aliphatic rings. The van der Waals surface area contributed by atoms with E-state index in [1.807, 2.05) is 0 Å². The predicted octanol–water partition coefficient (Wildman–Crippen LogP) is 25.9. The number of aliphatic hydroxyl groups excluding tert-OH is 1. The number of hydrogen-bond donors (Lipinski definition) is 1. The number of carbonyl (C=O) groups excluding carboxylic acids is 2. The van der Waals surface area contributed by atoms with Gasteiger partial charge in [0.2, 0.25) is 0 Å². The van der Waals surface area contributed by atoms with E-state index < -0.39 is 6.10 Å². The number of carbonyl (C=O) groups is 2. The summed E-state index contributed by atoms with van der Waals surface area (Å²) in [6.45, 7) is 4.03. The number of allylic oxidation sites excluding steroid dienone is 22. The maximum atomic E-state index is 12.4. The largest absolute Gasteiger partial charge is 0.462 e. The van der Waals surface area contributed by atoms with E-state index in [1.165, 1.54) is 205 Å². The van der Waals surface area contributed by atoms with Gasteiger partial charge in [-0.2, -0.15) is 0 Å². The average molecular weight is 1190 g/mol. The molecule has 0 bridgehead atoms. The van der Waals surface area contributed by atoms with Gasteiger partial charge in [-0.05, 0) is 116 Å². The fourth-order valence-corrected chi connectivity index (χ4v) is 10.5. The van der Waals surface area contributed by atoms with E-state index in [2.05, 4.69) is 148 Å². The van der Waals surface area contributed by atoms with Crippen molar-refractivity contribution >= 4 is 11.9 Å². The van der Waals surface area contributed by atoms with Gasteiger partial charge in [-0.1, -0.05) is 353 Å². The average Bonchev–Trinajstić information content (AvgIpc) is 3.55. The van der Waals surface area contributed by atoms with E-state index in [4.69, 9.17) is 9.47 Å². The van der Waals surface area contributed by atoms with Gasteiger partial charge < -0.3 is 14.6 Å². The first-order chi connectivity index (χ1) is 42.6. The molecular weight excluding hydrogens is 1050 g/mol. The molecule has 0 aromatic rings. The smallest absolute Gasteiger partial charge is 0.306 e. The van der Waals surface area contributed by atoms with Gasteiger partial charge in [0.1, 0.15) is 6.61 Å². The molecule has 0 spiro atoms. The summed E-state index contributed by atoms with van der Waals surface area (Å²) in [6.07, 6.45) is 112. The van der Waals surface area contributed by atoms with E-state index in [0.717, 1.165) is 116 Å². The van der Waals surface area contributed by atoms with Crippen LogP contribution >= 0.6 is 0 Å². The summed E-state index contributed by atoms with van der Waals surface area (Å²) in [5.41, 5.74) is 0. The summed E-state index contributed by atoms with van der Waals surface area (Å²) < 4.78 is 10.7. The maximum Gasteiger partial charge on any atom is 0.306 e. The normalized spacial score (nSPS) is 13.0. The molecule has 0 aromatic heterocycles. The minimum atomic E-state index is -0.796.